The van der Waals surface area contributed by atoms with Gasteiger partial charge >= 0.3 is 5.97 Å². The Morgan fingerprint density at radius 2 is 2.56 bits per heavy atom. The maximum atomic E-state index is 10.8. The van der Waals surface area contributed by atoms with Gasteiger partial charge in [0, 0.05) is 23.6 Å². The summed E-state index contributed by atoms with van der Waals surface area (Å²) in [4.78, 5) is 10.8. The molecule has 1 aliphatic rings. The summed E-state index contributed by atoms with van der Waals surface area (Å²) in [6.45, 7) is 4.90. The predicted molar refractivity (Wildman–Crippen MR) is 62.4 cm³/mol. The summed E-state index contributed by atoms with van der Waals surface area (Å²) < 4.78 is 1.92. The summed E-state index contributed by atoms with van der Waals surface area (Å²) >= 11 is 1.62. The van der Waals surface area contributed by atoms with Crippen LogP contribution >= 0.6 is 11.8 Å². The number of carboxylic acid groups (broad SMARTS) is 1. The highest BCUT2D eigenvalue weighted by Gasteiger charge is 2.31. The van der Waals surface area contributed by atoms with E-state index in [9.17, 15) is 4.79 Å². The predicted octanol–water partition coefficient (Wildman–Crippen LogP) is 1.000. The smallest absolute Gasteiger partial charge is 0.321 e. The molecule has 1 aromatic rings. The van der Waals surface area contributed by atoms with Crippen molar-refractivity contribution < 1.29 is 9.90 Å². The molecule has 1 fully saturated rings. The Balaban J connectivity index is 2.14. The minimum Gasteiger partial charge on any atom is -0.480 e. The van der Waals surface area contributed by atoms with E-state index in [1.807, 2.05) is 24.7 Å². The maximum absolute atomic E-state index is 10.8. The molecule has 0 aromatic carbocycles. The van der Waals surface area contributed by atoms with Gasteiger partial charge < -0.3 is 5.11 Å². The lowest BCUT2D eigenvalue weighted by molar-refractivity contribution is -0.138. The molecular formula is C10H15N3O2S. The first-order valence-electron chi connectivity index (χ1n) is 5.26. The van der Waals surface area contributed by atoms with Crippen molar-refractivity contribution in [2.45, 2.75) is 31.8 Å². The molecule has 2 atom stereocenters. The van der Waals surface area contributed by atoms with Gasteiger partial charge in [-0.25, -0.2) is 0 Å². The molecule has 0 spiro atoms. The van der Waals surface area contributed by atoms with Crippen molar-refractivity contribution in [2.24, 2.45) is 0 Å². The van der Waals surface area contributed by atoms with Crippen molar-refractivity contribution in [2.75, 3.05) is 5.75 Å². The summed E-state index contributed by atoms with van der Waals surface area (Å²) in [5.41, 5.74) is 2.20. The summed E-state index contributed by atoms with van der Waals surface area (Å²) in [7, 11) is 0. The van der Waals surface area contributed by atoms with Crippen LogP contribution in [-0.4, -0.2) is 32.7 Å². The Kier molecular flexibility index (Phi) is 3.20. The number of aliphatic carboxylic acids is 1. The second-order valence-corrected chi connectivity index (χ2v) is 4.91. The zero-order chi connectivity index (χ0) is 11.7. The molecule has 0 saturated carbocycles. The fraction of sp³-hybridized carbons (Fsp3) is 0.600. The van der Waals surface area contributed by atoms with Crippen LogP contribution in [0.1, 0.15) is 23.6 Å². The molecule has 5 nitrogen and oxygen atoms in total. The van der Waals surface area contributed by atoms with E-state index < -0.39 is 12.0 Å². The fourth-order valence-corrected chi connectivity index (χ4v) is 3.13. The third-order valence-corrected chi connectivity index (χ3v) is 4.05. The summed E-state index contributed by atoms with van der Waals surface area (Å²) in [5.74, 6) is -0.174. The lowest BCUT2D eigenvalue weighted by Gasteiger charge is -2.10. The van der Waals surface area contributed by atoms with Gasteiger partial charge in [0.25, 0.3) is 0 Å². The van der Waals surface area contributed by atoms with E-state index in [2.05, 4.69) is 10.4 Å². The normalized spacial score (nSPS) is 24.9. The average Bonchev–Trinajstić information content (AvgIpc) is 2.83. The molecule has 88 valence electrons. The molecule has 16 heavy (non-hydrogen) atoms. The second kappa shape index (κ2) is 4.47. The number of aromatic nitrogens is 2. The monoisotopic (exact) mass is 241 g/mol. The molecule has 1 saturated heterocycles. The van der Waals surface area contributed by atoms with Gasteiger partial charge in [0.15, 0.2) is 0 Å². The number of carboxylic acids is 1. The fourth-order valence-electron chi connectivity index (χ4n) is 1.83. The first kappa shape index (κ1) is 11.5. The van der Waals surface area contributed by atoms with Gasteiger partial charge in [-0.1, -0.05) is 0 Å². The van der Waals surface area contributed by atoms with Crippen LogP contribution in [0.5, 0.6) is 0 Å². The van der Waals surface area contributed by atoms with Crippen molar-refractivity contribution in [3.63, 3.8) is 0 Å². The number of hydrogen-bond acceptors (Lipinski definition) is 4. The van der Waals surface area contributed by atoms with Crippen LogP contribution in [0, 0.1) is 6.92 Å². The minimum atomic E-state index is -0.782. The number of nitrogens with zero attached hydrogens (tertiary/aromatic N) is 2. The molecule has 6 heteroatoms. The quantitative estimate of drug-likeness (QED) is 0.826. The van der Waals surface area contributed by atoms with Crippen LogP contribution < -0.4 is 5.32 Å². The molecule has 0 amide bonds. The van der Waals surface area contributed by atoms with Crippen molar-refractivity contribution >= 4 is 17.7 Å². The molecule has 2 rings (SSSR count). The Morgan fingerprint density at radius 3 is 3.06 bits per heavy atom. The first-order valence-corrected chi connectivity index (χ1v) is 6.31. The van der Waals surface area contributed by atoms with Gasteiger partial charge in [-0.3, -0.25) is 14.8 Å². The minimum absolute atomic E-state index is 0.0569. The molecular weight excluding hydrogens is 226 g/mol. The van der Waals surface area contributed by atoms with E-state index in [1.165, 1.54) is 0 Å². The number of aryl methyl sites for hydroxylation is 1. The highest BCUT2D eigenvalue weighted by Crippen LogP contribution is 2.34. The van der Waals surface area contributed by atoms with Crippen molar-refractivity contribution in [3.05, 3.63) is 17.5 Å². The van der Waals surface area contributed by atoms with E-state index in [-0.39, 0.29) is 5.37 Å². The van der Waals surface area contributed by atoms with Gasteiger partial charge in [0.2, 0.25) is 0 Å². The topological polar surface area (TPSA) is 67.2 Å². The molecule has 1 aromatic heterocycles. The zero-order valence-corrected chi connectivity index (χ0v) is 10.1. The molecule has 1 aliphatic heterocycles. The van der Waals surface area contributed by atoms with Crippen molar-refractivity contribution in [3.8, 4) is 0 Å². The third-order valence-electron chi connectivity index (χ3n) is 2.80. The van der Waals surface area contributed by atoms with Gasteiger partial charge in [-0.05, 0) is 13.8 Å². The van der Waals surface area contributed by atoms with E-state index in [0.29, 0.717) is 5.75 Å². The van der Waals surface area contributed by atoms with Crippen LogP contribution in [0.4, 0.5) is 0 Å². The molecule has 0 radical (unpaired) electrons. The molecule has 0 bridgehead atoms. The van der Waals surface area contributed by atoms with Crippen molar-refractivity contribution in [1.29, 1.82) is 0 Å². The lowest BCUT2D eigenvalue weighted by atomic mass is 10.2. The Morgan fingerprint density at radius 1 is 1.81 bits per heavy atom. The Bertz CT molecular complexity index is 405. The van der Waals surface area contributed by atoms with Gasteiger partial charge in [-0.2, -0.15) is 5.10 Å². The van der Waals surface area contributed by atoms with Crippen LogP contribution in [0.2, 0.25) is 0 Å². The van der Waals surface area contributed by atoms with Gasteiger partial charge in [0.05, 0.1) is 11.6 Å². The van der Waals surface area contributed by atoms with E-state index in [0.717, 1.165) is 17.8 Å². The number of rotatable bonds is 3. The largest absolute Gasteiger partial charge is 0.480 e. The SMILES string of the molecule is CCn1ncc(C2NC(C(=O)O)CS2)c1C. The number of thioether (sulfide) groups is 1. The number of nitrogens with one attached hydrogen (secondary N) is 1. The third kappa shape index (κ3) is 1.94. The van der Waals surface area contributed by atoms with E-state index in [4.69, 9.17) is 5.11 Å². The highest BCUT2D eigenvalue weighted by atomic mass is 32.2. The highest BCUT2D eigenvalue weighted by molar-refractivity contribution is 7.99. The number of hydrogen-bond donors (Lipinski definition) is 2. The van der Waals surface area contributed by atoms with E-state index >= 15 is 0 Å². The van der Waals surface area contributed by atoms with Gasteiger partial charge in [-0.15, -0.1) is 11.8 Å². The second-order valence-electron chi connectivity index (χ2n) is 3.77. The lowest BCUT2D eigenvalue weighted by Crippen LogP contribution is -2.33. The Labute approximate surface area is 98.2 Å². The van der Waals surface area contributed by atoms with E-state index in [1.54, 1.807) is 11.8 Å². The summed E-state index contributed by atoms with van der Waals surface area (Å²) in [5, 5.41) is 16.3. The molecule has 2 heterocycles. The summed E-state index contributed by atoms with van der Waals surface area (Å²) in [6, 6.07) is -0.445. The van der Waals surface area contributed by atoms with Crippen LogP contribution in [0.15, 0.2) is 6.20 Å². The maximum Gasteiger partial charge on any atom is 0.321 e. The molecule has 0 aliphatic carbocycles. The number of carbonyl (C=O) groups is 1. The molecule has 2 unspecified atom stereocenters. The van der Waals surface area contributed by atoms with Crippen molar-refractivity contribution in [1.82, 2.24) is 15.1 Å². The zero-order valence-electron chi connectivity index (χ0n) is 9.30. The first-order chi connectivity index (χ1) is 7.63. The van der Waals surface area contributed by atoms with Crippen LogP contribution in [0.25, 0.3) is 0 Å². The van der Waals surface area contributed by atoms with Gasteiger partial charge in [0.1, 0.15) is 6.04 Å². The molecule has 2 N–H and O–H groups in total. The standard InChI is InChI=1S/C10H15N3O2S/c1-3-13-6(2)7(4-11-13)9-12-8(5-16-9)10(14)15/h4,8-9,12H,3,5H2,1-2H3,(H,14,15). The Hall–Kier alpha value is -1.01. The van der Waals surface area contributed by atoms with Crippen LogP contribution in [0.3, 0.4) is 0 Å². The average molecular weight is 241 g/mol. The summed E-state index contributed by atoms with van der Waals surface area (Å²) in [6.07, 6.45) is 1.83. The van der Waals surface area contributed by atoms with Crippen LogP contribution in [-0.2, 0) is 11.3 Å².